The van der Waals surface area contributed by atoms with E-state index in [0.29, 0.717) is 27.8 Å². The van der Waals surface area contributed by atoms with E-state index >= 15 is 0 Å². The number of aromatic amines is 2. The highest BCUT2D eigenvalue weighted by Gasteiger charge is 2.34. The van der Waals surface area contributed by atoms with Crippen molar-refractivity contribution in [3.8, 4) is 57.1 Å². The average molecular weight is 1040 g/mol. The summed E-state index contributed by atoms with van der Waals surface area (Å²) >= 11 is 76.0. The molecule has 9 nitrogen and oxygen atoms in total. The lowest BCUT2D eigenvalue weighted by atomic mass is 9.86. The van der Waals surface area contributed by atoms with Gasteiger partial charge in [-0.2, -0.15) is 0 Å². The minimum atomic E-state index is -0.312. The largest absolute Gasteiger partial charge is 0.454 e. The molecule has 310 valence electrons. The summed E-state index contributed by atoms with van der Waals surface area (Å²) in [6.45, 7) is 6.19. The molecular formula is C42H19Cl11N8O. The normalized spacial score (nSPS) is 12.4. The van der Waals surface area contributed by atoms with Crippen LogP contribution < -0.4 is 4.74 Å². The number of hydrogen-bond donors (Lipinski definition) is 2. The summed E-state index contributed by atoms with van der Waals surface area (Å²) in [5.74, 6) is 0.845. The Bertz CT molecular complexity index is 3530. The first-order valence-corrected chi connectivity index (χ1v) is 22.2. The fraction of sp³-hybridized carbons (Fsp3) is 0.0952. The lowest BCUT2D eigenvalue weighted by Gasteiger charge is -2.23. The highest BCUT2D eigenvalue weighted by molar-refractivity contribution is 6.57. The standard InChI is InChI=1S/C42H19Cl11N8O/c1-42(2,3)14-10-6-7-11-15(14)62-33-27(48)21-20(26(47)32(33)53)37-56-35-13-9-5-4-8-12(13)34(54-35)55-36-16-17(23(44)29(50)28(49)22(16)43)38(57-36)59-39-18-19(40(60-39)61-41(21)58-37)25(46)31(52)30(51)24(18)45/h4-11H,1-3H3,(H2,54,55,56,57,58,59,60,61). The molecule has 0 fully saturated rings. The molecule has 0 amide bonds. The molecule has 0 aliphatic carbocycles. The van der Waals surface area contributed by atoms with E-state index < -0.39 is 0 Å². The van der Waals surface area contributed by atoms with Gasteiger partial charge in [-0.3, -0.25) is 0 Å². The molecule has 0 unspecified atom stereocenters. The molecule has 62 heavy (non-hydrogen) atoms. The van der Waals surface area contributed by atoms with E-state index in [2.05, 4.69) is 30.7 Å². The number of ether oxygens (including phenoxy) is 1. The lowest BCUT2D eigenvalue weighted by molar-refractivity contribution is 0.456. The number of nitrogens with zero attached hydrogens (tertiary/aromatic N) is 6. The Hall–Kier alpha value is -3.55. The molecule has 8 bridgehead atoms. The number of benzene rings is 5. The molecule has 0 spiro atoms. The van der Waals surface area contributed by atoms with E-state index in [1.165, 1.54) is 0 Å². The van der Waals surface area contributed by atoms with Gasteiger partial charge in [0.1, 0.15) is 33.4 Å². The van der Waals surface area contributed by atoms with Gasteiger partial charge in [-0.15, -0.1) is 0 Å². The second kappa shape index (κ2) is 15.3. The van der Waals surface area contributed by atoms with Gasteiger partial charge in [0.25, 0.3) is 0 Å². The van der Waals surface area contributed by atoms with Crippen molar-refractivity contribution in [2.45, 2.75) is 26.2 Å². The van der Waals surface area contributed by atoms with Crippen LogP contribution in [0.15, 0.2) is 48.5 Å². The Labute approximate surface area is 405 Å². The van der Waals surface area contributed by atoms with Gasteiger partial charge in [-0.05, 0) is 11.5 Å². The van der Waals surface area contributed by atoms with Crippen LogP contribution in [0.4, 0.5) is 0 Å². The Balaban J connectivity index is 1.40. The molecule has 2 aliphatic heterocycles. The zero-order chi connectivity index (χ0) is 43.8. The van der Waals surface area contributed by atoms with Gasteiger partial charge in [0.2, 0.25) is 0 Å². The molecule has 0 saturated carbocycles. The third-order valence-electron chi connectivity index (χ3n) is 10.3. The third-order valence-corrected chi connectivity index (χ3v) is 15.1. The second-order valence-electron chi connectivity index (χ2n) is 15.0. The summed E-state index contributed by atoms with van der Waals surface area (Å²) in [5, 5.41) is 1.83. The van der Waals surface area contributed by atoms with Gasteiger partial charge in [0.15, 0.2) is 29.0 Å². The zero-order valence-corrected chi connectivity index (χ0v) is 39.7. The van der Waals surface area contributed by atoms with E-state index in [-0.39, 0.29) is 134 Å². The Morgan fingerprint density at radius 2 is 0.774 bits per heavy atom. The highest BCUT2D eigenvalue weighted by atomic mass is 35.5. The number of H-pyrrole nitrogens is 2. The molecule has 20 heteroatoms. The second-order valence-corrected chi connectivity index (χ2v) is 19.2. The van der Waals surface area contributed by atoms with Crippen LogP contribution in [-0.4, -0.2) is 39.9 Å². The monoisotopic (exact) mass is 1040 g/mol. The Kier molecular flexibility index (Phi) is 10.5. The maximum Gasteiger partial charge on any atom is 0.166 e. The highest BCUT2D eigenvalue weighted by Crippen LogP contribution is 2.55. The minimum Gasteiger partial charge on any atom is -0.454 e. The average Bonchev–Trinajstić information content (AvgIpc) is 3.99. The molecule has 0 radical (unpaired) electrons. The minimum absolute atomic E-state index is 0.00134. The van der Waals surface area contributed by atoms with Crippen molar-refractivity contribution in [1.29, 1.82) is 0 Å². The van der Waals surface area contributed by atoms with Crippen LogP contribution in [0.25, 0.3) is 89.7 Å². The summed E-state index contributed by atoms with van der Waals surface area (Å²) in [6, 6.07) is 15.0. The molecule has 10 rings (SSSR count). The van der Waals surface area contributed by atoms with Crippen LogP contribution in [0, 0.1) is 0 Å². The van der Waals surface area contributed by atoms with Crippen molar-refractivity contribution in [2.24, 2.45) is 0 Å². The first-order chi connectivity index (χ1) is 29.5. The molecule has 8 aromatic rings. The van der Waals surface area contributed by atoms with Crippen molar-refractivity contribution in [2.75, 3.05) is 0 Å². The van der Waals surface area contributed by atoms with Crippen molar-refractivity contribution in [3.05, 3.63) is 109 Å². The fourth-order valence-electron chi connectivity index (χ4n) is 7.46. The smallest absolute Gasteiger partial charge is 0.166 e. The number of aromatic nitrogens is 8. The van der Waals surface area contributed by atoms with Gasteiger partial charge >= 0.3 is 0 Å². The van der Waals surface area contributed by atoms with Crippen molar-refractivity contribution in [3.63, 3.8) is 0 Å². The quantitative estimate of drug-likeness (QED) is 0.131. The maximum absolute atomic E-state index is 7.36. The number of nitrogens with one attached hydrogen (secondary N) is 2. The number of para-hydroxylation sites is 1. The third kappa shape index (κ3) is 6.42. The number of rotatable bonds is 2. The number of halogens is 11. The van der Waals surface area contributed by atoms with Gasteiger partial charge in [-0.1, -0.05) is 191 Å². The summed E-state index contributed by atoms with van der Waals surface area (Å²) in [6.07, 6.45) is 0. The van der Waals surface area contributed by atoms with Gasteiger partial charge < -0.3 is 14.7 Å². The number of hydrogen-bond acceptors (Lipinski definition) is 7. The molecular weight excluding hydrogens is 1020 g/mol. The van der Waals surface area contributed by atoms with Crippen LogP contribution in [0.1, 0.15) is 26.3 Å². The summed E-state index contributed by atoms with van der Waals surface area (Å²) in [4.78, 5) is 36.2. The van der Waals surface area contributed by atoms with Crippen molar-refractivity contribution < 1.29 is 4.74 Å². The van der Waals surface area contributed by atoms with Crippen LogP contribution in [0.5, 0.6) is 11.5 Å². The molecule has 2 aliphatic rings. The molecule has 0 saturated heterocycles. The zero-order valence-electron chi connectivity index (χ0n) is 31.4. The van der Waals surface area contributed by atoms with E-state index in [4.69, 9.17) is 162 Å². The van der Waals surface area contributed by atoms with Crippen LogP contribution in [0.3, 0.4) is 0 Å². The fourth-order valence-corrected chi connectivity index (χ4v) is 10.4. The SMILES string of the molecule is CC(C)(C)c1ccccc1Oc1c(Cl)c(Cl)c2c(c1Cl)-c1nc-2nc2[nH]c(nc3nc(nc4[nH]c(n1)c1c(Cl)c(Cl)c(Cl)c(Cl)c41)-c1c(Cl)c(Cl)c(Cl)c(Cl)c1-3)c1ccccc21. The van der Waals surface area contributed by atoms with Crippen LogP contribution in [0.2, 0.25) is 55.2 Å². The van der Waals surface area contributed by atoms with Crippen LogP contribution >= 0.6 is 128 Å². The van der Waals surface area contributed by atoms with E-state index in [1.54, 1.807) is 0 Å². The van der Waals surface area contributed by atoms with E-state index in [9.17, 15) is 0 Å². The molecule has 2 N–H and O–H groups in total. The first kappa shape index (κ1) is 42.4. The van der Waals surface area contributed by atoms with Crippen molar-refractivity contribution >= 4 is 172 Å². The number of fused-ring (bicyclic) bond motifs is 20. The van der Waals surface area contributed by atoms with Gasteiger partial charge in [-0.25, -0.2) is 29.9 Å². The molecule has 3 aromatic heterocycles. The summed E-state index contributed by atoms with van der Waals surface area (Å²) in [5.41, 5.74) is 2.47. The first-order valence-electron chi connectivity index (χ1n) is 18.1. The van der Waals surface area contributed by atoms with Crippen molar-refractivity contribution in [1.82, 2.24) is 39.9 Å². The summed E-state index contributed by atoms with van der Waals surface area (Å²) in [7, 11) is 0. The Morgan fingerprint density at radius 1 is 0.403 bits per heavy atom. The van der Waals surface area contributed by atoms with Gasteiger partial charge in [0.05, 0.1) is 83.3 Å². The topological polar surface area (TPSA) is 118 Å². The van der Waals surface area contributed by atoms with Crippen LogP contribution in [-0.2, 0) is 5.41 Å². The predicted molar refractivity (Wildman–Crippen MR) is 256 cm³/mol. The molecule has 5 aromatic carbocycles. The van der Waals surface area contributed by atoms with Gasteiger partial charge in [0, 0.05) is 16.3 Å². The Morgan fingerprint density at radius 3 is 1.24 bits per heavy atom. The molecule has 5 heterocycles. The predicted octanol–water partition coefficient (Wildman–Crippen LogP) is 17.1. The maximum atomic E-state index is 7.36. The summed E-state index contributed by atoms with van der Waals surface area (Å²) < 4.78 is 6.55. The van der Waals surface area contributed by atoms with E-state index in [1.807, 2.05) is 48.5 Å². The van der Waals surface area contributed by atoms with E-state index in [0.717, 1.165) is 5.56 Å². The lowest BCUT2D eigenvalue weighted by Crippen LogP contribution is -2.12. The molecule has 0 atom stereocenters.